The predicted octanol–water partition coefficient (Wildman–Crippen LogP) is 4.32. The maximum Gasteiger partial charge on any atom is 0.242 e. The van der Waals surface area contributed by atoms with Crippen molar-refractivity contribution < 1.29 is 17.2 Å². The van der Waals surface area contributed by atoms with Crippen molar-refractivity contribution in [2.45, 2.75) is 42.7 Å². The maximum absolute atomic E-state index is 14.0. The third kappa shape index (κ3) is 4.31. The highest BCUT2D eigenvalue weighted by Gasteiger charge is 2.27. The van der Waals surface area contributed by atoms with E-state index in [1.165, 1.54) is 24.3 Å². The molecule has 9 heteroatoms. The molecule has 1 N–H and O–H groups in total. The lowest BCUT2D eigenvalue weighted by Crippen LogP contribution is -2.38. The summed E-state index contributed by atoms with van der Waals surface area (Å²) in [5.74, 6) is -1.46. The minimum absolute atomic E-state index is 0.0666. The van der Waals surface area contributed by atoms with Gasteiger partial charge in [-0.05, 0) is 62.2 Å². The van der Waals surface area contributed by atoms with Gasteiger partial charge >= 0.3 is 0 Å². The van der Waals surface area contributed by atoms with Crippen LogP contribution in [0.25, 0.3) is 11.1 Å². The fourth-order valence-electron chi connectivity index (χ4n) is 3.34. The fourth-order valence-corrected chi connectivity index (χ4v) is 4.79. The molecule has 0 atom stereocenters. The summed E-state index contributed by atoms with van der Waals surface area (Å²) < 4.78 is 55.3. The van der Waals surface area contributed by atoms with E-state index < -0.39 is 21.7 Å². The molecule has 1 aliphatic rings. The number of nitroso groups, excluding NO2 is 1. The van der Waals surface area contributed by atoms with E-state index in [1.807, 2.05) is 0 Å². The smallest absolute Gasteiger partial charge is 0.242 e. The van der Waals surface area contributed by atoms with Gasteiger partial charge in [0.15, 0.2) is 0 Å². The van der Waals surface area contributed by atoms with E-state index >= 15 is 0 Å². The van der Waals surface area contributed by atoms with Crippen LogP contribution in [0, 0.1) is 16.5 Å². The highest BCUT2D eigenvalue weighted by molar-refractivity contribution is 7.89. The van der Waals surface area contributed by atoms with Crippen LogP contribution in [-0.4, -0.2) is 27.2 Å². The van der Waals surface area contributed by atoms with Crippen LogP contribution in [-0.2, 0) is 10.0 Å². The quantitative estimate of drug-likeness (QED) is 0.571. The SMILES string of the molecule is C=Nc1cc(-c2ccc(F)cc2F)ccc1S(=O)(=O)NC1CCC(N=O)CC1. The maximum atomic E-state index is 14.0. The molecular weight excluding hydrogens is 388 g/mol. The summed E-state index contributed by atoms with van der Waals surface area (Å²) >= 11 is 0. The van der Waals surface area contributed by atoms with Gasteiger partial charge in [-0.2, -0.15) is 4.91 Å². The van der Waals surface area contributed by atoms with Gasteiger partial charge < -0.3 is 0 Å². The summed E-state index contributed by atoms with van der Waals surface area (Å²) in [4.78, 5) is 14.3. The molecule has 0 saturated heterocycles. The zero-order chi connectivity index (χ0) is 20.3. The van der Waals surface area contributed by atoms with Crippen molar-refractivity contribution in [1.82, 2.24) is 4.72 Å². The van der Waals surface area contributed by atoms with Gasteiger partial charge in [-0.3, -0.25) is 4.99 Å². The summed E-state index contributed by atoms with van der Waals surface area (Å²) in [6.07, 6.45) is 2.11. The number of aliphatic imine (C=N–C) groups is 1. The van der Waals surface area contributed by atoms with Crippen molar-refractivity contribution in [3.05, 3.63) is 52.9 Å². The van der Waals surface area contributed by atoms with E-state index in [0.29, 0.717) is 31.2 Å². The number of benzene rings is 2. The summed E-state index contributed by atoms with van der Waals surface area (Å²) in [5, 5.41) is 3.01. The van der Waals surface area contributed by atoms with Crippen LogP contribution in [0.3, 0.4) is 0 Å². The largest absolute Gasteiger partial charge is 0.263 e. The van der Waals surface area contributed by atoms with E-state index in [4.69, 9.17) is 0 Å². The molecule has 0 radical (unpaired) electrons. The fraction of sp³-hybridized carbons (Fsp3) is 0.316. The van der Waals surface area contributed by atoms with Gasteiger partial charge in [-0.1, -0.05) is 11.2 Å². The van der Waals surface area contributed by atoms with E-state index in [-0.39, 0.29) is 28.2 Å². The first-order valence-electron chi connectivity index (χ1n) is 8.75. The van der Waals surface area contributed by atoms with E-state index in [1.54, 1.807) is 0 Å². The molecule has 0 aliphatic heterocycles. The minimum Gasteiger partial charge on any atom is -0.263 e. The van der Waals surface area contributed by atoms with Crippen LogP contribution in [0.5, 0.6) is 0 Å². The summed E-state index contributed by atoms with van der Waals surface area (Å²) in [5.41, 5.74) is 0.552. The summed E-state index contributed by atoms with van der Waals surface area (Å²) in [6, 6.07) is 6.74. The molecule has 148 valence electrons. The summed E-state index contributed by atoms with van der Waals surface area (Å²) in [6.45, 7) is 3.40. The van der Waals surface area contributed by atoms with Crippen LogP contribution < -0.4 is 4.72 Å². The second kappa shape index (κ2) is 8.24. The molecule has 1 saturated carbocycles. The molecule has 1 fully saturated rings. The van der Waals surface area contributed by atoms with Crippen LogP contribution in [0.1, 0.15) is 25.7 Å². The summed E-state index contributed by atoms with van der Waals surface area (Å²) in [7, 11) is -3.89. The number of hydrogen-bond acceptors (Lipinski definition) is 5. The van der Waals surface area contributed by atoms with Crippen LogP contribution in [0.15, 0.2) is 51.5 Å². The molecular formula is C19H19F2N3O3S. The first-order chi connectivity index (χ1) is 13.3. The average molecular weight is 407 g/mol. The highest BCUT2D eigenvalue weighted by atomic mass is 32.2. The Bertz CT molecular complexity index is 1000. The van der Waals surface area contributed by atoms with Crippen molar-refractivity contribution in [2.24, 2.45) is 10.2 Å². The lowest BCUT2D eigenvalue weighted by Gasteiger charge is -2.25. The molecule has 6 nitrogen and oxygen atoms in total. The monoisotopic (exact) mass is 407 g/mol. The van der Waals surface area contributed by atoms with Gasteiger partial charge in [-0.25, -0.2) is 21.9 Å². The molecule has 28 heavy (non-hydrogen) atoms. The standard InChI is InChI=1S/C19H19F2N3O3S/c1-22-18-10-12(16-8-3-13(20)11-17(16)21)2-9-19(18)28(26,27)24-15-6-4-14(23-25)5-7-15/h2-3,8-11,14-15,24H,1,4-7H2. The molecule has 3 rings (SSSR count). The van der Waals surface area contributed by atoms with E-state index in [9.17, 15) is 22.1 Å². The predicted molar refractivity (Wildman–Crippen MR) is 103 cm³/mol. The van der Waals surface area contributed by atoms with Crippen molar-refractivity contribution in [3.8, 4) is 11.1 Å². The Kier molecular flexibility index (Phi) is 5.95. The second-order valence-electron chi connectivity index (χ2n) is 6.70. The Hall–Kier alpha value is -2.52. The molecule has 2 aromatic carbocycles. The van der Waals surface area contributed by atoms with Gasteiger partial charge in [0.05, 0.1) is 11.7 Å². The molecule has 1 aliphatic carbocycles. The number of halogens is 2. The molecule has 0 heterocycles. The third-order valence-corrected chi connectivity index (χ3v) is 6.40. The number of nitrogens with one attached hydrogen (secondary N) is 1. The first kappa shape index (κ1) is 20.2. The molecule has 0 amide bonds. The Balaban J connectivity index is 1.87. The zero-order valence-electron chi connectivity index (χ0n) is 14.9. The Morgan fingerprint density at radius 1 is 1.04 bits per heavy atom. The van der Waals surface area contributed by atoms with Crippen molar-refractivity contribution in [1.29, 1.82) is 0 Å². The van der Waals surface area contributed by atoms with Gasteiger partial charge in [0.1, 0.15) is 16.5 Å². The number of sulfonamides is 1. The minimum atomic E-state index is -3.89. The van der Waals surface area contributed by atoms with E-state index in [2.05, 4.69) is 21.6 Å². The molecule has 0 bridgehead atoms. The van der Waals surface area contributed by atoms with Gasteiger partial charge in [-0.15, -0.1) is 0 Å². The zero-order valence-corrected chi connectivity index (χ0v) is 15.8. The Morgan fingerprint density at radius 3 is 2.36 bits per heavy atom. The Morgan fingerprint density at radius 2 is 1.75 bits per heavy atom. The van der Waals surface area contributed by atoms with Crippen molar-refractivity contribution >= 4 is 22.4 Å². The van der Waals surface area contributed by atoms with Crippen molar-refractivity contribution in [3.63, 3.8) is 0 Å². The Labute approximate surface area is 161 Å². The second-order valence-corrected chi connectivity index (χ2v) is 8.38. The molecule has 2 aromatic rings. The average Bonchev–Trinajstić information content (AvgIpc) is 2.68. The number of hydrogen-bond donors (Lipinski definition) is 1. The van der Waals surface area contributed by atoms with Gasteiger partial charge in [0.25, 0.3) is 0 Å². The molecule has 0 spiro atoms. The van der Waals surface area contributed by atoms with Crippen LogP contribution in [0.4, 0.5) is 14.5 Å². The van der Waals surface area contributed by atoms with Crippen LogP contribution >= 0.6 is 0 Å². The lowest BCUT2D eigenvalue weighted by molar-refractivity contribution is 0.373. The lowest BCUT2D eigenvalue weighted by atomic mass is 9.92. The molecule has 0 aromatic heterocycles. The van der Waals surface area contributed by atoms with Gasteiger partial charge in [0.2, 0.25) is 10.0 Å². The number of nitrogens with zero attached hydrogens (tertiary/aromatic N) is 2. The number of rotatable bonds is 6. The van der Waals surface area contributed by atoms with Crippen molar-refractivity contribution in [2.75, 3.05) is 0 Å². The topological polar surface area (TPSA) is 88.0 Å². The highest BCUT2D eigenvalue weighted by Crippen LogP contribution is 2.32. The van der Waals surface area contributed by atoms with Crippen LogP contribution in [0.2, 0.25) is 0 Å². The molecule has 0 unspecified atom stereocenters. The van der Waals surface area contributed by atoms with Gasteiger partial charge in [0, 0.05) is 17.7 Å². The van der Waals surface area contributed by atoms with E-state index in [0.717, 1.165) is 12.1 Å². The first-order valence-corrected chi connectivity index (χ1v) is 10.2. The normalized spacial score (nSPS) is 19.9. The third-order valence-electron chi connectivity index (χ3n) is 4.83.